The topological polar surface area (TPSA) is 29.5 Å². The van der Waals surface area contributed by atoms with Gasteiger partial charge in [-0.05, 0) is 17.7 Å². The number of hydrogen-bond acceptors (Lipinski definition) is 3. The van der Waals surface area contributed by atoms with Gasteiger partial charge in [0.25, 0.3) is 0 Å². The lowest BCUT2D eigenvalue weighted by Gasteiger charge is -2.16. The predicted molar refractivity (Wildman–Crippen MR) is 69.8 cm³/mol. The Morgan fingerprint density at radius 3 is 2.17 bits per heavy atom. The third-order valence-corrected chi connectivity index (χ3v) is 2.50. The van der Waals surface area contributed by atoms with Gasteiger partial charge in [0.05, 0.1) is 12.1 Å². The molecule has 92 valence electrons. The molecule has 2 aromatic rings. The van der Waals surface area contributed by atoms with Crippen LogP contribution in [0.2, 0.25) is 0 Å². The first kappa shape index (κ1) is 12.3. The first-order valence-electron chi connectivity index (χ1n) is 5.78. The number of hydrogen-bond donors (Lipinski definition) is 0. The molecule has 0 saturated carbocycles. The van der Waals surface area contributed by atoms with Gasteiger partial charge in [0, 0.05) is 7.05 Å². The molecule has 18 heavy (non-hydrogen) atoms. The first-order valence-corrected chi connectivity index (χ1v) is 5.78. The quantitative estimate of drug-likeness (QED) is 0.771. The maximum absolute atomic E-state index is 11.8. The van der Waals surface area contributed by atoms with Crippen LogP contribution in [0.25, 0.3) is 0 Å². The molecule has 0 spiro atoms. The number of rotatable bonds is 4. The molecule has 0 aromatic heterocycles. The highest BCUT2D eigenvalue weighted by molar-refractivity contribution is 5.89. The molecule has 0 unspecified atom stereocenters. The van der Waals surface area contributed by atoms with Crippen LogP contribution in [0.4, 0.5) is 0 Å². The van der Waals surface area contributed by atoms with Gasteiger partial charge in [-0.3, -0.25) is 0 Å². The van der Waals surface area contributed by atoms with Gasteiger partial charge < -0.3 is 4.84 Å². The van der Waals surface area contributed by atoms with Gasteiger partial charge in [-0.25, -0.2) is 4.79 Å². The van der Waals surface area contributed by atoms with Crippen LogP contribution < -0.4 is 0 Å². The molecule has 0 aliphatic rings. The lowest BCUT2D eigenvalue weighted by atomic mass is 10.2. The number of carbonyl (C=O) groups is 1. The van der Waals surface area contributed by atoms with Crippen molar-refractivity contribution in [2.24, 2.45) is 0 Å². The van der Waals surface area contributed by atoms with Crippen LogP contribution in [-0.2, 0) is 11.4 Å². The van der Waals surface area contributed by atoms with Gasteiger partial charge >= 0.3 is 5.97 Å². The molecule has 0 aliphatic heterocycles. The van der Waals surface area contributed by atoms with Crippen molar-refractivity contribution in [2.45, 2.75) is 6.54 Å². The van der Waals surface area contributed by atoms with Crippen LogP contribution in [0.3, 0.4) is 0 Å². The molecule has 0 heterocycles. The normalized spacial score (nSPS) is 10.3. The summed E-state index contributed by atoms with van der Waals surface area (Å²) in [7, 11) is 1.74. The Morgan fingerprint density at radius 1 is 1.00 bits per heavy atom. The fourth-order valence-corrected chi connectivity index (χ4v) is 1.64. The third-order valence-electron chi connectivity index (χ3n) is 2.50. The predicted octanol–water partition coefficient (Wildman–Crippen LogP) is 2.89. The molecule has 3 heteroatoms. The Morgan fingerprint density at radius 2 is 1.56 bits per heavy atom. The zero-order valence-electron chi connectivity index (χ0n) is 10.2. The van der Waals surface area contributed by atoms with E-state index in [1.807, 2.05) is 48.5 Å². The van der Waals surface area contributed by atoms with Crippen molar-refractivity contribution in [2.75, 3.05) is 7.05 Å². The third kappa shape index (κ3) is 3.43. The van der Waals surface area contributed by atoms with Crippen molar-refractivity contribution in [1.82, 2.24) is 5.06 Å². The SMILES string of the molecule is CN(Cc1ccccc1)OC(=O)c1ccccc1. The highest BCUT2D eigenvalue weighted by atomic mass is 16.7. The molecule has 0 radical (unpaired) electrons. The Labute approximate surface area is 107 Å². The summed E-state index contributed by atoms with van der Waals surface area (Å²) < 4.78 is 0. The first-order chi connectivity index (χ1) is 8.75. The van der Waals surface area contributed by atoms with E-state index in [4.69, 9.17) is 4.84 Å². The smallest absolute Gasteiger partial charge is 0.357 e. The van der Waals surface area contributed by atoms with Crippen molar-refractivity contribution in [3.05, 3.63) is 71.8 Å². The van der Waals surface area contributed by atoms with Crippen molar-refractivity contribution in [1.29, 1.82) is 0 Å². The molecule has 0 atom stereocenters. The standard InChI is InChI=1S/C15H15NO2/c1-16(12-13-8-4-2-5-9-13)18-15(17)14-10-6-3-7-11-14/h2-11H,12H2,1H3. The lowest BCUT2D eigenvalue weighted by Crippen LogP contribution is -2.22. The summed E-state index contributed by atoms with van der Waals surface area (Å²) in [6, 6.07) is 18.8. The number of carbonyl (C=O) groups excluding carboxylic acids is 1. The van der Waals surface area contributed by atoms with E-state index in [0.29, 0.717) is 12.1 Å². The molecule has 0 amide bonds. The molecule has 0 bridgehead atoms. The zero-order chi connectivity index (χ0) is 12.8. The molecule has 2 rings (SSSR count). The van der Waals surface area contributed by atoms with E-state index in [1.54, 1.807) is 19.2 Å². The van der Waals surface area contributed by atoms with Crippen LogP contribution in [0.15, 0.2) is 60.7 Å². The maximum atomic E-state index is 11.8. The molecule has 3 nitrogen and oxygen atoms in total. The Kier molecular flexibility index (Phi) is 4.10. The van der Waals surface area contributed by atoms with Gasteiger partial charge in [-0.1, -0.05) is 48.5 Å². The van der Waals surface area contributed by atoms with E-state index < -0.39 is 0 Å². The van der Waals surface area contributed by atoms with Crippen LogP contribution in [0.5, 0.6) is 0 Å². The highest BCUT2D eigenvalue weighted by Gasteiger charge is 2.10. The average molecular weight is 241 g/mol. The summed E-state index contributed by atoms with van der Waals surface area (Å²) in [5, 5.41) is 1.53. The molecule has 0 fully saturated rings. The van der Waals surface area contributed by atoms with Gasteiger partial charge in [-0.2, -0.15) is 0 Å². The van der Waals surface area contributed by atoms with Crippen molar-refractivity contribution in [3.63, 3.8) is 0 Å². The molecular formula is C15H15NO2. The number of benzene rings is 2. The van der Waals surface area contributed by atoms with E-state index >= 15 is 0 Å². The Bertz CT molecular complexity index is 496. The van der Waals surface area contributed by atoms with E-state index in [2.05, 4.69) is 0 Å². The monoisotopic (exact) mass is 241 g/mol. The maximum Gasteiger partial charge on any atom is 0.357 e. The summed E-state index contributed by atoms with van der Waals surface area (Å²) in [4.78, 5) is 17.0. The molecular weight excluding hydrogens is 226 g/mol. The van der Waals surface area contributed by atoms with Gasteiger partial charge in [0.1, 0.15) is 0 Å². The van der Waals surface area contributed by atoms with Crippen LogP contribution in [0.1, 0.15) is 15.9 Å². The van der Waals surface area contributed by atoms with Crippen LogP contribution in [-0.4, -0.2) is 18.1 Å². The average Bonchev–Trinajstić information content (AvgIpc) is 2.40. The molecule has 0 N–H and O–H groups in total. The number of hydroxylamine groups is 2. The second-order valence-corrected chi connectivity index (χ2v) is 4.02. The minimum Gasteiger partial charge on any atom is -0.364 e. The molecule has 2 aromatic carbocycles. The van der Waals surface area contributed by atoms with Crippen molar-refractivity contribution in [3.8, 4) is 0 Å². The van der Waals surface area contributed by atoms with Gasteiger partial charge in [-0.15, -0.1) is 5.06 Å². The molecule has 0 aliphatic carbocycles. The zero-order valence-corrected chi connectivity index (χ0v) is 10.2. The summed E-state index contributed by atoms with van der Waals surface area (Å²) in [6.07, 6.45) is 0. The minimum atomic E-state index is -0.339. The van der Waals surface area contributed by atoms with Crippen LogP contribution in [0, 0.1) is 0 Å². The second kappa shape index (κ2) is 5.98. The summed E-state index contributed by atoms with van der Waals surface area (Å²) in [5.41, 5.74) is 1.65. The number of nitrogens with zero attached hydrogens (tertiary/aromatic N) is 1. The lowest BCUT2D eigenvalue weighted by molar-refractivity contribution is -0.0966. The second-order valence-electron chi connectivity index (χ2n) is 4.02. The largest absolute Gasteiger partial charge is 0.364 e. The fraction of sp³-hybridized carbons (Fsp3) is 0.133. The minimum absolute atomic E-state index is 0.339. The van der Waals surface area contributed by atoms with Gasteiger partial charge in [0.15, 0.2) is 0 Å². The highest BCUT2D eigenvalue weighted by Crippen LogP contribution is 2.06. The van der Waals surface area contributed by atoms with E-state index in [0.717, 1.165) is 5.56 Å². The summed E-state index contributed by atoms with van der Waals surface area (Å²) in [5.74, 6) is -0.339. The molecule has 0 saturated heterocycles. The fourth-order valence-electron chi connectivity index (χ4n) is 1.64. The summed E-state index contributed by atoms with van der Waals surface area (Å²) in [6.45, 7) is 0.569. The van der Waals surface area contributed by atoms with E-state index in [9.17, 15) is 4.79 Å². The van der Waals surface area contributed by atoms with Crippen molar-refractivity contribution < 1.29 is 9.63 Å². The van der Waals surface area contributed by atoms with Gasteiger partial charge in [0.2, 0.25) is 0 Å². The summed E-state index contributed by atoms with van der Waals surface area (Å²) >= 11 is 0. The van der Waals surface area contributed by atoms with Crippen LogP contribution >= 0.6 is 0 Å². The van der Waals surface area contributed by atoms with Crippen molar-refractivity contribution >= 4 is 5.97 Å². The van der Waals surface area contributed by atoms with E-state index in [-0.39, 0.29) is 5.97 Å². The van der Waals surface area contributed by atoms with E-state index in [1.165, 1.54) is 5.06 Å². The Balaban J connectivity index is 1.92. The Hall–Kier alpha value is -2.13.